The lowest BCUT2D eigenvalue weighted by Crippen LogP contribution is -2.29. The fourth-order valence-electron chi connectivity index (χ4n) is 2.78. The van der Waals surface area contributed by atoms with Gasteiger partial charge in [0.25, 0.3) is 5.91 Å². The molecule has 0 saturated carbocycles. The van der Waals surface area contributed by atoms with Gasteiger partial charge in [-0.25, -0.2) is 4.98 Å². The number of ether oxygens (including phenoxy) is 1. The summed E-state index contributed by atoms with van der Waals surface area (Å²) in [5.41, 5.74) is 1.03. The molecule has 0 aliphatic rings. The van der Waals surface area contributed by atoms with Crippen molar-refractivity contribution in [1.82, 2.24) is 10.3 Å². The normalized spacial score (nSPS) is 12.1. The van der Waals surface area contributed by atoms with Gasteiger partial charge in [-0.15, -0.1) is 0 Å². The summed E-state index contributed by atoms with van der Waals surface area (Å²) in [6.07, 6.45) is 4.93. The second-order valence-electron chi connectivity index (χ2n) is 6.64. The van der Waals surface area contributed by atoms with E-state index in [2.05, 4.69) is 17.2 Å². The van der Waals surface area contributed by atoms with Crippen LogP contribution in [0.3, 0.4) is 0 Å². The Morgan fingerprint density at radius 3 is 2.62 bits per heavy atom. The monoisotopic (exact) mass is 395 g/mol. The van der Waals surface area contributed by atoms with Gasteiger partial charge in [-0.2, -0.15) is 9.65 Å². The predicted molar refractivity (Wildman–Crippen MR) is 110 cm³/mol. The van der Waals surface area contributed by atoms with Crippen LogP contribution in [-0.4, -0.2) is 17.5 Å². The Morgan fingerprint density at radius 1 is 1.24 bits per heavy atom. The molecule has 1 heterocycles. The Kier molecular flexibility index (Phi) is 8.84. The highest BCUT2D eigenvalue weighted by Gasteiger charge is 2.17. The average molecular weight is 395 g/mol. The highest BCUT2D eigenvalue weighted by atomic mass is 19.1. The molecule has 0 spiro atoms. The third-order valence-corrected chi connectivity index (χ3v) is 4.33. The summed E-state index contributed by atoms with van der Waals surface area (Å²) in [6, 6.07) is 13.5. The van der Waals surface area contributed by atoms with E-state index in [1.54, 1.807) is 0 Å². The van der Waals surface area contributed by atoms with E-state index in [1.807, 2.05) is 37.3 Å². The number of nitrogens with zero attached hydrogens (tertiary/aromatic N) is 2. The molecule has 5 nitrogen and oxygen atoms in total. The smallest absolute Gasteiger partial charge is 0.262 e. The number of aromatic nitrogens is 1. The molecule has 0 fully saturated rings. The van der Waals surface area contributed by atoms with Gasteiger partial charge in [0.15, 0.2) is 0 Å². The number of benzene rings is 1. The molecular formula is C23H26FN3O2. The molecule has 1 aromatic heterocycles. The van der Waals surface area contributed by atoms with Crippen molar-refractivity contribution in [2.45, 2.75) is 45.6 Å². The van der Waals surface area contributed by atoms with Gasteiger partial charge in [0.1, 0.15) is 17.4 Å². The molecule has 0 aliphatic carbocycles. The maximum absolute atomic E-state index is 13.3. The van der Waals surface area contributed by atoms with Gasteiger partial charge in [-0.3, -0.25) is 4.79 Å². The van der Waals surface area contributed by atoms with Crippen LogP contribution in [-0.2, 0) is 4.79 Å². The minimum absolute atomic E-state index is 0.122. The second kappa shape index (κ2) is 11.6. The first-order chi connectivity index (χ1) is 14.1. The predicted octanol–water partition coefficient (Wildman–Crippen LogP) is 4.96. The van der Waals surface area contributed by atoms with Gasteiger partial charge < -0.3 is 10.1 Å². The van der Waals surface area contributed by atoms with E-state index in [0.717, 1.165) is 37.0 Å². The third-order valence-electron chi connectivity index (χ3n) is 4.33. The summed E-state index contributed by atoms with van der Waals surface area (Å²) < 4.78 is 18.9. The molecule has 6 heteroatoms. The second-order valence-corrected chi connectivity index (χ2v) is 6.64. The highest BCUT2D eigenvalue weighted by Crippen LogP contribution is 2.22. The third kappa shape index (κ3) is 7.04. The molecule has 2 rings (SSSR count). The topological polar surface area (TPSA) is 75.0 Å². The summed E-state index contributed by atoms with van der Waals surface area (Å²) in [7, 11) is 0. The fourth-order valence-corrected chi connectivity index (χ4v) is 2.78. The van der Waals surface area contributed by atoms with Crippen LogP contribution in [0.2, 0.25) is 0 Å². The number of rotatable bonds is 10. The van der Waals surface area contributed by atoms with Gasteiger partial charge >= 0.3 is 0 Å². The first-order valence-electron chi connectivity index (χ1n) is 9.85. The molecule has 1 unspecified atom stereocenters. The van der Waals surface area contributed by atoms with Crippen molar-refractivity contribution in [2.75, 3.05) is 6.61 Å². The lowest BCUT2D eigenvalue weighted by Gasteiger charge is -2.19. The molecule has 1 atom stereocenters. The van der Waals surface area contributed by atoms with Crippen LogP contribution in [0.15, 0.2) is 48.0 Å². The van der Waals surface area contributed by atoms with E-state index >= 15 is 0 Å². The number of carbonyl (C=O) groups excluding carboxylic acids is 1. The average Bonchev–Trinajstić information content (AvgIpc) is 2.72. The molecule has 1 N–H and O–H groups in total. The van der Waals surface area contributed by atoms with Crippen molar-refractivity contribution in [2.24, 2.45) is 0 Å². The van der Waals surface area contributed by atoms with Crippen molar-refractivity contribution >= 4 is 12.0 Å². The van der Waals surface area contributed by atoms with Crippen molar-refractivity contribution in [1.29, 1.82) is 5.26 Å². The number of hydrogen-bond donors (Lipinski definition) is 1. The van der Waals surface area contributed by atoms with Crippen LogP contribution in [0.5, 0.6) is 5.75 Å². The van der Waals surface area contributed by atoms with E-state index in [9.17, 15) is 14.4 Å². The minimum Gasteiger partial charge on any atom is -0.494 e. The Morgan fingerprint density at radius 2 is 2.00 bits per heavy atom. The SMILES string of the molecule is CCCCOc1ccc(C(CCC)NC(=O)/C(C#N)=C/c2cccc(F)n2)cc1. The van der Waals surface area contributed by atoms with Gasteiger partial charge in [-0.1, -0.05) is 44.9 Å². The zero-order valence-electron chi connectivity index (χ0n) is 16.8. The zero-order chi connectivity index (χ0) is 21.1. The maximum atomic E-state index is 13.3. The largest absolute Gasteiger partial charge is 0.494 e. The standard InChI is InChI=1S/C23H26FN3O2/c1-3-5-14-29-20-12-10-17(11-13-20)21(7-4-2)27-23(28)18(16-25)15-19-8-6-9-22(24)26-19/h6,8-13,15,21H,3-5,7,14H2,1-2H3,(H,27,28)/b18-15+. The first kappa shape index (κ1) is 22.1. The van der Waals surface area contributed by atoms with Crippen molar-refractivity contribution < 1.29 is 13.9 Å². The molecular weight excluding hydrogens is 369 g/mol. The number of unbranched alkanes of at least 4 members (excludes halogenated alkanes) is 1. The summed E-state index contributed by atoms with van der Waals surface area (Å²) in [4.78, 5) is 16.3. The Hall–Kier alpha value is -3.20. The lowest BCUT2D eigenvalue weighted by molar-refractivity contribution is -0.117. The molecule has 1 amide bonds. The number of hydrogen-bond acceptors (Lipinski definition) is 4. The number of pyridine rings is 1. The van der Waals surface area contributed by atoms with Crippen LogP contribution < -0.4 is 10.1 Å². The van der Waals surface area contributed by atoms with Crippen molar-refractivity contribution in [3.8, 4) is 11.8 Å². The van der Waals surface area contributed by atoms with Crippen LogP contribution in [0.1, 0.15) is 56.8 Å². The summed E-state index contributed by atoms with van der Waals surface area (Å²) in [5, 5.41) is 12.3. The van der Waals surface area contributed by atoms with Crippen molar-refractivity contribution in [3.63, 3.8) is 0 Å². The molecule has 0 saturated heterocycles. The Labute approximate surface area is 171 Å². The number of nitrogens with one attached hydrogen (secondary N) is 1. The van der Waals surface area contributed by atoms with E-state index in [1.165, 1.54) is 24.3 Å². The highest BCUT2D eigenvalue weighted by molar-refractivity contribution is 6.01. The maximum Gasteiger partial charge on any atom is 0.262 e. The quantitative estimate of drug-likeness (QED) is 0.267. The molecule has 29 heavy (non-hydrogen) atoms. The number of carbonyl (C=O) groups is 1. The molecule has 2 aromatic rings. The van der Waals surface area contributed by atoms with Crippen LogP contribution in [0.25, 0.3) is 6.08 Å². The number of halogens is 1. The minimum atomic E-state index is -0.665. The van der Waals surface area contributed by atoms with E-state index < -0.39 is 11.9 Å². The fraction of sp³-hybridized carbons (Fsp3) is 0.348. The van der Waals surface area contributed by atoms with Gasteiger partial charge in [0.05, 0.1) is 18.3 Å². The first-order valence-corrected chi connectivity index (χ1v) is 9.85. The Bertz CT molecular complexity index is 872. The number of nitriles is 1. The molecule has 152 valence electrons. The van der Waals surface area contributed by atoms with E-state index in [4.69, 9.17) is 4.74 Å². The van der Waals surface area contributed by atoms with Gasteiger partial charge in [0, 0.05) is 0 Å². The van der Waals surface area contributed by atoms with E-state index in [0.29, 0.717) is 6.61 Å². The Balaban J connectivity index is 2.12. The van der Waals surface area contributed by atoms with Gasteiger partial charge in [0.2, 0.25) is 5.95 Å². The van der Waals surface area contributed by atoms with Crippen molar-refractivity contribution in [3.05, 3.63) is 65.2 Å². The summed E-state index contributed by atoms with van der Waals surface area (Å²) in [6.45, 7) is 4.81. The molecule has 0 radical (unpaired) electrons. The molecule has 1 aromatic carbocycles. The van der Waals surface area contributed by atoms with Crippen LogP contribution in [0.4, 0.5) is 4.39 Å². The summed E-state index contributed by atoms with van der Waals surface area (Å²) >= 11 is 0. The van der Waals surface area contributed by atoms with Gasteiger partial charge in [-0.05, 0) is 48.7 Å². The number of amides is 1. The zero-order valence-corrected chi connectivity index (χ0v) is 16.8. The lowest BCUT2D eigenvalue weighted by atomic mass is 10.0. The molecule has 0 aliphatic heterocycles. The molecule has 0 bridgehead atoms. The summed E-state index contributed by atoms with van der Waals surface area (Å²) in [5.74, 6) is -0.389. The van der Waals surface area contributed by atoms with E-state index in [-0.39, 0.29) is 17.3 Å². The van der Waals surface area contributed by atoms with Crippen LogP contribution in [0, 0.1) is 17.3 Å². The van der Waals surface area contributed by atoms with Crippen LogP contribution >= 0.6 is 0 Å².